The van der Waals surface area contributed by atoms with Crippen LogP contribution in [0.2, 0.25) is 0 Å². The van der Waals surface area contributed by atoms with Crippen LogP contribution in [0.5, 0.6) is 0 Å². The number of methoxy groups -OCH3 is 1. The van der Waals surface area contributed by atoms with Crippen molar-refractivity contribution in [3.63, 3.8) is 0 Å². The SMILES string of the molecule is CO[C@@H]1[C@@H](O)[C@H](O[C@H](CC[C@@H](C)[C@H]2C[C@H](O)[C@@H]3[C@]2(C)CC[C@@H]2[C@@]4(C)CC[C@H](O)C[C@@H]4[C@H](O)C[C@]23O)C(C)C)O[C@H]1COS(=O)(=O)O. The highest BCUT2D eigenvalue weighted by Gasteiger charge is 2.70. The largest absolute Gasteiger partial charge is 0.397 e. The predicted octanol–water partition coefficient (Wildman–Crippen LogP) is 2.44. The zero-order chi connectivity index (χ0) is 34.0. The molecule has 13 heteroatoms. The van der Waals surface area contributed by atoms with Gasteiger partial charge in [0.1, 0.15) is 18.3 Å². The van der Waals surface area contributed by atoms with Crippen molar-refractivity contribution < 1.29 is 56.9 Å². The van der Waals surface area contributed by atoms with Gasteiger partial charge in [0, 0.05) is 19.4 Å². The molecule has 0 aromatic rings. The summed E-state index contributed by atoms with van der Waals surface area (Å²) in [6.07, 6.45) is -0.342. The summed E-state index contributed by atoms with van der Waals surface area (Å²) < 4.78 is 53.0. The Kier molecular flexibility index (Phi) is 10.7. The van der Waals surface area contributed by atoms with Crippen LogP contribution in [0.25, 0.3) is 0 Å². The van der Waals surface area contributed by atoms with E-state index < -0.39 is 65.5 Å². The lowest BCUT2D eigenvalue weighted by atomic mass is 9.42. The van der Waals surface area contributed by atoms with Crippen LogP contribution >= 0.6 is 0 Å². The van der Waals surface area contributed by atoms with Gasteiger partial charge in [0.05, 0.1) is 36.6 Å². The Morgan fingerprint density at radius 2 is 1.63 bits per heavy atom. The first-order valence-electron chi connectivity index (χ1n) is 17.3. The third kappa shape index (κ3) is 6.57. The van der Waals surface area contributed by atoms with Crippen molar-refractivity contribution >= 4 is 10.4 Å². The van der Waals surface area contributed by atoms with Gasteiger partial charge in [-0.15, -0.1) is 0 Å². The van der Waals surface area contributed by atoms with E-state index in [-0.39, 0.29) is 58.9 Å². The number of ether oxygens (including phenoxy) is 3. The van der Waals surface area contributed by atoms with Crippen LogP contribution in [-0.2, 0) is 28.8 Å². The normalized spacial score (nSPS) is 48.9. The summed E-state index contributed by atoms with van der Waals surface area (Å²) in [4.78, 5) is 0. The molecule has 1 saturated heterocycles. The van der Waals surface area contributed by atoms with Crippen molar-refractivity contribution in [3.05, 3.63) is 0 Å². The highest BCUT2D eigenvalue weighted by molar-refractivity contribution is 7.80. The molecule has 4 saturated carbocycles. The molecule has 16 atom stereocenters. The molecule has 1 heterocycles. The van der Waals surface area contributed by atoms with Crippen LogP contribution in [0.3, 0.4) is 0 Å². The van der Waals surface area contributed by atoms with Crippen LogP contribution < -0.4 is 0 Å². The molecule has 0 radical (unpaired) electrons. The summed E-state index contributed by atoms with van der Waals surface area (Å²) in [5.41, 5.74) is -1.78. The molecule has 0 aromatic heterocycles. The molecular weight excluding hydrogens is 620 g/mol. The minimum Gasteiger partial charge on any atom is -0.393 e. The minimum absolute atomic E-state index is 0.0399. The molecule has 46 heavy (non-hydrogen) atoms. The molecule has 268 valence electrons. The van der Waals surface area contributed by atoms with Gasteiger partial charge >= 0.3 is 10.4 Å². The third-order valence-electron chi connectivity index (χ3n) is 13.3. The lowest BCUT2D eigenvalue weighted by molar-refractivity contribution is -0.263. The Bertz CT molecular complexity index is 1170. The van der Waals surface area contributed by atoms with E-state index in [1.165, 1.54) is 7.11 Å². The van der Waals surface area contributed by atoms with E-state index >= 15 is 0 Å². The van der Waals surface area contributed by atoms with E-state index in [0.29, 0.717) is 25.7 Å². The summed E-state index contributed by atoms with van der Waals surface area (Å²) in [7, 11) is -3.33. The Balaban J connectivity index is 1.26. The number of aliphatic hydroxyl groups excluding tert-OH is 4. The van der Waals surface area contributed by atoms with Gasteiger partial charge in [0.25, 0.3) is 0 Å². The first-order valence-corrected chi connectivity index (χ1v) is 18.6. The lowest BCUT2D eigenvalue weighted by Gasteiger charge is -2.66. The Hall–Kier alpha value is -0.450. The molecule has 0 unspecified atom stereocenters. The summed E-state index contributed by atoms with van der Waals surface area (Å²) in [5.74, 6) is -0.0431. The second kappa shape index (κ2) is 13.4. The topological polar surface area (TPSA) is 192 Å². The molecule has 5 aliphatic rings. The van der Waals surface area contributed by atoms with Gasteiger partial charge in [-0.1, -0.05) is 34.6 Å². The van der Waals surface area contributed by atoms with Crippen molar-refractivity contribution in [2.75, 3.05) is 13.7 Å². The van der Waals surface area contributed by atoms with Crippen molar-refractivity contribution in [3.8, 4) is 0 Å². The smallest absolute Gasteiger partial charge is 0.393 e. The molecule has 1 aliphatic heterocycles. The van der Waals surface area contributed by atoms with Gasteiger partial charge < -0.3 is 39.7 Å². The monoisotopic (exact) mass is 678 g/mol. The standard InChI is InChI=1S/C33H58O12S/c1-17(2)24(44-30-27(37)28(42-6)25(45-30)16-43-46(39,40)41)8-7-18(3)20-14-22(35)29-32(20,5)12-10-26-31(4)11-9-19(34)13-21(31)23(36)15-33(26,29)38/h17-30,34-38H,7-16H2,1-6H3,(H,39,40,41)/t18-,19+,20-,21-,22+,23-,24-,25+,26-,27-,28+,29-,30-,31+,32-,33+/m1/s1. The average Bonchev–Trinajstić information content (AvgIpc) is 3.41. The van der Waals surface area contributed by atoms with E-state index in [1.54, 1.807) is 0 Å². The molecule has 5 fully saturated rings. The summed E-state index contributed by atoms with van der Waals surface area (Å²) >= 11 is 0. The van der Waals surface area contributed by atoms with E-state index in [2.05, 4.69) is 25.0 Å². The maximum Gasteiger partial charge on any atom is 0.397 e. The molecule has 0 amide bonds. The molecule has 0 spiro atoms. The van der Waals surface area contributed by atoms with Gasteiger partial charge in [0.15, 0.2) is 6.29 Å². The average molecular weight is 679 g/mol. The van der Waals surface area contributed by atoms with Gasteiger partial charge in [-0.25, -0.2) is 4.18 Å². The maximum absolute atomic E-state index is 12.6. The molecule has 6 N–H and O–H groups in total. The van der Waals surface area contributed by atoms with E-state index in [1.807, 2.05) is 13.8 Å². The third-order valence-corrected chi connectivity index (χ3v) is 13.8. The summed E-state index contributed by atoms with van der Waals surface area (Å²) in [6, 6.07) is 0. The predicted molar refractivity (Wildman–Crippen MR) is 167 cm³/mol. The van der Waals surface area contributed by atoms with E-state index in [0.717, 1.165) is 25.7 Å². The maximum atomic E-state index is 12.6. The zero-order valence-electron chi connectivity index (χ0n) is 28.2. The van der Waals surface area contributed by atoms with Crippen molar-refractivity contribution in [1.29, 1.82) is 0 Å². The van der Waals surface area contributed by atoms with E-state index in [9.17, 15) is 34.0 Å². The zero-order valence-corrected chi connectivity index (χ0v) is 29.0. The molecule has 4 aliphatic carbocycles. The first-order chi connectivity index (χ1) is 21.4. The van der Waals surface area contributed by atoms with E-state index in [4.69, 9.17) is 18.8 Å². The van der Waals surface area contributed by atoms with Crippen LogP contribution in [0, 0.1) is 46.3 Å². The highest BCUT2D eigenvalue weighted by atomic mass is 32.3. The van der Waals surface area contributed by atoms with Gasteiger partial charge in [-0.2, -0.15) is 8.42 Å². The number of rotatable bonds is 11. The quantitative estimate of drug-likeness (QED) is 0.175. The Labute approximate surface area is 274 Å². The fourth-order valence-electron chi connectivity index (χ4n) is 11.2. The summed E-state index contributed by atoms with van der Waals surface area (Å²) in [5, 5.41) is 56.8. The molecule has 0 aromatic carbocycles. The number of hydrogen-bond donors (Lipinski definition) is 6. The number of fused-ring (bicyclic) bond motifs is 5. The van der Waals surface area contributed by atoms with Gasteiger partial charge in [-0.3, -0.25) is 4.55 Å². The Morgan fingerprint density at radius 1 is 0.957 bits per heavy atom. The van der Waals surface area contributed by atoms with Gasteiger partial charge in [0.2, 0.25) is 0 Å². The van der Waals surface area contributed by atoms with Crippen molar-refractivity contribution in [1.82, 2.24) is 0 Å². The fraction of sp³-hybridized carbons (Fsp3) is 1.00. The lowest BCUT2D eigenvalue weighted by Crippen LogP contribution is -2.68. The number of aliphatic hydroxyl groups is 5. The van der Waals surface area contributed by atoms with Gasteiger partial charge in [-0.05, 0) is 91.8 Å². The molecular formula is C33H58O12S. The second-order valence-electron chi connectivity index (χ2n) is 16.2. The number of hydrogen-bond acceptors (Lipinski definition) is 11. The second-order valence-corrected chi connectivity index (χ2v) is 17.3. The molecule has 5 rings (SSSR count). The first kappa shape index (κ1) is 36.8. The van der Waals surface area contributed by atoms with Crippen LogP contribution in [0.4, 0.5) is 0 Å². The summed E-state index contributed by atoms with van der Waals surface area (Å²) in [6.45, 7) is 10.1. The van der Waals surface area contributed by atoms with Crippen LogP contribution in [0.15, 0.2) is 0 Å². The van der Waals surface area contributed by atoms with Crippen molar-refractivity contribution in [2.24, 2.45) is 46.3 Å². The Morgan fingerprint density at radius 3 is 2.26 bits per heavy atom. The van der Waals surface area contributed by atoms with Crippen molar-refractivity contribution in [2.45, 2.75) is 147 Å². The van der Waals surface area contributed by atoms with Crippen LogP contribution in [0.1, 0.15) is 92.4 Å². The molecule has 12 nitrogen and oxygen atoms in total. The minimum atomic E-state index is -4.70. The fourth-order valence-corrected chi connectivity index (χ4v) is 11.5. The highest BCUT2D eigenvalue weighted by Crippen LogP contribution is 2.69. The molecule has 0 bridgehead atoms. The van der Waals surface area contributed by atoms with Crippen LogP contribution in [-0.4, -0.2) is 107 Å².